The number of rotatable bonds is 8. The van der Waals surface area contributed by atoms with Crippen molar-refractivity contribution in [1.82, 2.24) is 9.21 Å². The summed E-state index contributed by atoms with van der Waals surface area (Å²) in [5.74, 6) is -3.17. The number of esters is 1. The molecule has 14 heteroatoms. The number of amidine groups is 1. The molecule has 4 rings (SSSR count). The SMILES string of the molecule is CCC1(C)OC(=O)N(C(C(=O)Nc2ccccc2OC)C2=Nc3ccccc3S(=O)(=O)N2CC(=O)OC)C1=O. The summed E-state index contributed by atoms with van der Waals surface area (Å²) >= 11 is 0. The number of ether oxygens (including phenoxy) is 3. The minimum atomic E-state index is -4.49. The van der Waals surface area contributed by atoms with Crippen molar-refractivity contribution in [2.75, 3.05) is 26.1 Å². The van der Waals surface area contributed by atoms with Crippen LogP contribution in [-0.2, 0) is 33.9 Å². The van der Waals surface area contributed by atoms with E-state index in [1.54, 1.807) is 25.1 Å². The first kappa shape index (κ1) is 27.6. The summed E-state index contributed by atoms with van der Waals surface area (Å²) in [6, 6.07) is 10.0. The first-order chi connectivity index (χ1) is 18.5. The lowest BCUT2D eigenvalue weighted by Gasteiger charge is -2.34. The molecule has 39 heavy (non-hydrogen) atoms. The lowest BCUT2D eigenvalue weighted by molar-refractivity contribution is -0.140. The largest absolute Gasteiger partial charge is 0.495 e. The number of carbonyl (C=O) groups excluding carboxylic acids is 4. The predicted molar refractivity (Wildman–Crippen MR) is 137 cm³/mol. The molecule has 2 aliphatic heterocycles. The molecule has 1 saturated heterocycles. The zero-order valence-corrected chi connectivity index (χ0v) is 22.4. The number of amides is 3. The van der Waals surface area contributed by atoms with Gasteiger partial charge in [0.15, 0.2) is 17.5 Å². The van der Waals surface area contributed by atoms with Gasteiger partial charge in [0.2, 0.25) is 0 Å². The minimum Gasteiger partial charge on any atom is -0.495 e. The molecular formula is C25H26N4O9S. The van der Waals surface area contributed by atoms with Gasteiger partial charge in [-0.15, -0.1) is 0 Å². The van der Waals surface area contributed by atoms with E-state index in [9.17, 15) is 27.6 Å². The Morgan fingerprint density at radius 2 is 1.77 bits per heavy atom. The van der Waals surface area contributed by atoms with E-state index in [2.05, 4.69) is 15.0 Å². The second-order valence-electron chi connectivity index (χ2n) is 8.75. The summed E-state index contributed by atoms with van der Waals surface area (Å²) in [5.41, 5.74) is -1.49. The average Bonchev–Trinajstić information content (AvgIpc) is 3.14. The van der Waals surface area contributed by atoms with Gasteiger partial charge in [-0.1, -0.05) is 31.2 Å². The van der Waals surface area contributed by atoms with Crippen LogP contribution in [0.15, 0.2) is 58.4 Å². The lowest BCUT2D eigenvalue weighted by Crippen LogP contribution is -2.59. The Hall–Kier alpha value is -4.46. The Morgan fingerprint density at radius 3 is 2.41 bits per heavy atom. The molecule has 13 nitrogen and oxygen atoms in total. The number of carbonyl (C=O) groups is 4. The Balaban J connectivity index is 1.93. The third-order valence-electron chi connectivity index (χ3n) is 6.40. The average molecular weight is 559 g/mol. The number of nitrogens with one attached hydrogen (secondary N) is 1. The summed E-state index contributed by atoms with van der Waals surface area (Å²) in [5, 5.41) is 2.58. The standard InChI is InChI=1S/C25H26N4O9S/c1-5-25(2)23(32)29(24(33)38-25)20(22(31)27-15-10-6-8-12-17(15)36-3)21-26-16-11-7-9-13-18(16)39(34,35)28(21)14-19(30)37-4/h6-13,20H,5,14H2,1-4H3,(H,27,31). The van der Waals surface area contributed by atoms with Crippen LogP contribution in [0.1, 0.15) is 20.3 Å². The number of hydrogen-bond donors (Lipinski definition) is 1. The molecule has 2 aliphatic rings. The molecular weight excluding hydrogens is 532 g/mol. The van der Waals surface area contributed by atoms with E-state index in [1.165, 1.54) is 44.4 Å². The van der Waals surface area contributed by atoms with Gasteiger partial charge in [-0.2, -0.15) is 0 Å². The van der Waals surface area contributed by atoms with Crippen LogP contribution in [0.5, 0.6) is 5.75 Å². The Bertz CT molecular complexity index is 1490. The number of imide groups is 1. The van der Waals surface area contributed by atoms with Crippen molar-refractivity contribution in [2.45, 2.75) is 36.8 Å². The van der Waals surface area contributed by atoms with Gasteiger partial charge in [0, 0.05) is 0 Å². The van der Waals surface area contributed by atoms with E-state index < -0.39 is 57.9 Å². The normalized spacial score (nSPS) is 20.5. The topological polar surface area (TPSA) is 161 Å². The molecule has 2 atom stereocenters. The van der Waals surface area contributed by atoms with Gasteiger partial charge in [-0.3, -0.25) is 14.4 Å². The number of nitrogens with zero attached hydrogens (tertiary/aromatic N) is 3. The van der Waals surface area contributed by atoms with Crippen molar-refractivity contribution < 1.29 is 41.8 Å². The Morgan fingerprint density at radius 1 is 1.10 bits per heavy atom. The molecule has 0 radical (unpaired) electrons. The van der Waals surface area contributed by atoms with Gasteiger partial charge in [0.1, 0.15) is 17.2 Å². The molecule has 0 bridgehead atoms. The van der Waals surface area contributed by atoms with Gasteiger partial charge in [0.05, 0.1) is 25.6 Å². The number of anilines is 1. The van der Waals surface area contributed by atoms with E-state index in [-0.39, 0.29) is 28.4 Å². The molecule has 0 aliphatic carbocycles. The highest BCUT2D eigenvalue weighted by atomic mass is 32.2. The van der Waals surface area contributed by atoms with Crippen molar-refractivity contribution in [3.63, 3.8) is 0 Å². The quantitative estimate of drug-likeness (QED) is 0.478. The lowest BCUT2D eigenvalue weighted by atomic mass is 10.0. The van der Waals surface area contributed by atoms with Crippen LogP contribution < -0.4 is 10.1 Å². The molecule has 1 N–H and O–H groups in total. The summed E-state index contributed by atoms with van der Waals surface area (Å²) in [6.07, 6.45) is -1.10. The van der Waals surface area contributed by atoms with Gasteiger partial charge < -0.3 is 19.5 Å². The molecule has 0 spiro atoms. The number of benzene rings is 2. The van der Waals surface area contributed by atoms with E-state index in [1.807, 2.05) is 0 Å². The van der Waals surface area contributed by atoms with E-state index in [4.69, 9.17) is 9.47 Å². The van der Waals surface area contributed by atoms with E-state index >= 15 is 0 Å². The smallest absolute Gasteiger partial charge is 0.418 e. The molecule has 0 saturated carbocycles. The summed E-state index contributed by atoms with van der Waals surface area (Å²) in [4.78, 5) is 57.4. The number of fused-ring (bicyclic) bond motifs is 1. The maximum absolute atomic E-state index is 13.9. The number of methoxy groups -OCH3 is 2. The number of para-hydroxylation sites is 3. The molecule has 0 aromatic heterocycles. The second kappa shape index (κ2) is 10.4. The van der Waals surface area contributed by atoms with Crippen LogP contribution in [0.2, 0.25) is 0 Å². The fourth-order valence-electron chi connectivity index (χ4n) is 4.10. The molecule has 2 aromatic rings. The zero-order chi connectivity index (χ0) is 28.5. The third kappa shape index (κ3) is 4.78. The van der Waals surface area contributed by atoms with Crippen molar-refractivity contribution in [1.29, 1.82) is 0 Å². The van der Waals surface area contributed by atoms with Crippen LogP contribution in [-0.4, -0.2) is 79.7 Å². The van der Waals surface area contributed by atoms with Gasteiger partial charge in [0.25, 0.3) is 21.8 Å². The minimum absolute atomic E-state index is 0.0537. The number of sulfonamides is 1. The zero-order valence-electron chi connectivity index (χ0n) is 21.5. The first-order valence-corrected chi connectivity index (χ1v) is 13.2. The molecule has 2 unspecified atom stereocenters. The summed E-state index contributed by atoms with van der Waals surface area (Å²) < 4.78 is 43.2. The van der Waals surface area contributed by atoms with Crippen molar-refractivity contribution in [3.05, 3.63) is 48.5 Å². The Kier molecular flexibility index (Phi) is 7.33. The van der Waals surface area contributed by atoms with Crippen LogP contribution in [0, 0.1) is 0 Å². The molecule has 1 fully saturated rings. The molecule has 206 valence electrons. The van der Waals surface area contributed by atoms with Crippen LogP contribution in [0.25, 0.3) is 0 Å². The summed E-state index contributed by atoms with van der Waals surface area (Å²) in [6.45, 7) is 2.11. The van der Waals surface area contributed by atoms with Crippen LogP contribution in [0.3, 0.4) is 0 Å². The number of hydrogen-bond acceptors (Lipinski definition) is 10. The van der Waals surface area contributed by atoms with E-state index in [0.29, 0.717) is 9.21 Å². The third-order valence-corrected chi connectivity index (χ3v) is 8.19. The maximum Gasteiger partial charge on any atom is 0.418 e. The number of cyclic esters (lactones) is 1. The highest BCUT2D eigenvalue weighted by Gasteiger charge is 2.56. The first-order valence-electron chi connectivity index (χ1n) is 11.8. The monoisotopic (exact) mass is 558 g/mol. The highest BCUT2D eigenvalue weighted by molar-refractivity contribution is 7.90. The van der Waals surface area contributed by atoms with E-state index in [0.717, 1.165) is 7.11 Å². The second-order valence-corrected chi connectivity index (χ2v) is 10.6. The van der Waals surface area contributed by atoms with Gasteiger partial charge in [-0.05, 0) is 37.6 Å². The number of aliphatic imine (C=N–C) groups is 1. The molecule has 2 aromatic carbocycles. The summed E-state index contributed by atoms with van der Waals surface area (Å²) in [7, 11) is -2.06. The fraction of sp³-hybridized carbons (Fsp3) is 0.320. The molecule has 3 amide bonds. The van der Waals surface area contributed by atoms with Gasteiger partial charge >= 0.3 is 12.1 Å². The molecule has 2 heterocycles. The highest BCUT2D eigenvalue weighted by Crippen LogP contribution is 2.36. The van der Waals surface area contributed by atoms with Crippen molar-refractivity contribution in [2.24, 2.45) is 4.99 Å². The van der Waals surface area contributed by atoms with Crippen LogP contribution in [0.4, 0.5) is 16.2 Å². The van der Waals surface area contributed by atoms with Gasteiger partial charge in [-0.25, -0.2) is 27.4 Å². The van der Waals surface area contributed by atoms with Crippen molar-refractivity contribution in [3.8, 4) is 5.75 Å². The van der Waals surface area contributed by atoms with Crippen LogP contribution >= 0.6 is 0 Å². The maximum atomic E-state index is 13.9. The van der Waals surface area contributed by atoms with Crippen molar-refractivity contribution >= 4 is 51.1 Å². The predicted octanol–water partition coefficient (Wildman–Crippen LogP) is 2.06. The Labute approximate surface area is 224 Å². The fourth-order valence-corrected chi connectivity index (χ4v) is 5.63.